The molecule has 6 fully saturated rings. The second-order valence-electron chi connectivity index (χ2n) is 16.7. The highest BCUT2D eigenvalue weighted by Gasteiger charge is 2.85. The molecule has 5 saturated heterocycles. The minimum atomic E-state index is -1.13. The zero-order valence-corrected chi connectivity index (χ0v) is 27.4. The summed E-state index contributed by atoms with van der Waals surface area (Å²) in [6.45, 7) is 17.3. The van der Waals surface area contributed by atoms with Gasteiger partial charge in [-0.15, -0.1) is 0 Å². The molecule has 7 heteroatoms. The van der Waals surface area contributed by atoms with Gasteiger partial charge in [-0.25, -0.2) is 0 Å². The standard InChI is InChI=1S/C37H47NO6/c1-20(2)12-13-21-10-9-11-24-26(21)23-18-22-14-17-37(39)33(7,34(22,8)27(23)38-24)16-15-25-35(37)19-36(44-35)30(40-25)32(5,6)42-29(43-36)28-31(3,4)41-28/h9-12,15,22,28-30,38-39H,13-14,16-19H2,1-8H3/t22-,28?,29?,30?,33+,34+,35?,36?,37-/m0/s1. The summed E-state index contributed by atoms with van der Waals surface area (Å²) in [4.78, 5) is 3.92. The molecule has 2 N–H and O–H groups in total. The first-order valence-electron chi connectivity index (χ1n) is 16.7. The fourth-order valence-corrected chi connectivity index (χ4v) is 10.8. The molecule has 5 unspecified atom stereocenters. The molecule has 9 atom stereocenters. The van der Waals surface area contributed by atoms with Gasteiger partial charge in [0.1, 0.15) is 23.1 Å². The first kappa shape index (κ1) is 28.1. The number of hydrogen-bond donors (Lipinski definition) is 2. The van der Waals surface area contributed by atoms with Crippen molar-refractivity contribution in [3.63, 3.8) is 0 Å². The highest BCUT2D eigenvalue weighted by atomic mass is 16.9. The van der Waals surface area contributed by atoms with E-state index in [2.05, 4.69) is 90.7 Å². The SMILES string of the molecule is CC(C)=CCc1cccc2[nH]c3c(c12)C[C@@H]1CC[C@@]2(O)C45CC6(OC(C7OC7(C)C)OC(C)(C)C6OC4=CC[C@]2(C)[C@@]31C)O5. The molecule has 236 valence electrons. The van der Waals surface area contributed by atoms with Crippen molar-refractivity contribution in [3.05, 3.63) is 58.5 Å². The van der Waals surface area contributed by atoms with Gasteiger partial charge in [-0.05, 0) is 103 Å². The Morgan fingerprint density at radius 1 is 1.05 bits per heavy atom. The third-order valence-corrected chi connectivity index (χ3v) is 13.4. The maximum Gasteiger partial charge on any atom is 0.215 e. The summed E-state index contributed by atoms with van der Waals surface area (Å²) in [6.07, 6.45) is 8.22. The molecule has 2 spiro atoms. The quantitative estimate of drug-likeness (QED) is 0.308. The van der Waals surface area contributed by atoms with E-state index in [1.807, 2.05) is 0 Å². The number of nitrogens with one attached hydrogen (secondary N) is 1. The van der Waals surface area contributed by atoms with Crippen molar-refractivity contribution in [2.24, 2.45) is 11.3 Å². The number of epoxide rings is 1. The van der Waals surface area contributed by atoms with Crippen LogP contribution >= 0.6 is 0 Å². The van der Waals surface area contributed by atoms with E-state index in [1.54, 1.807) is 0 Å². The summed E-state index contributed by atoms with van der Waals surface area (Å²) in [5.41, 5.74) is 2.86. The van der Waals surface area contributed by atoms with E-state index < -0.39 is 40.4 Å². The van der Waals surface area contributed by atoms with Crippen LogP contribution in [-0.4, -0.2) is 56.8 Å². The minimum absolute atomic E-state index is 0.163. The lowest BCUT2D eigenvalue weighted by atomic mass is 9.40. The molecule has 1 aromatic carbocycles. The fourth-order valence-electron chi connectivity index (χ4n) is 10.8. The molecule has 0 amide bonds. The first-order chi connectivity index (χ1) is 20.6. The summed E-state index contributed by atoms with van der Waals surface area (Å²) in [5.74, 6) is 0.204. The second-order valence-corrected chi connectivity index (χ2v) is 16.7. The van der Waals surface area contributed by atoms with Crippen LogP contribution in [0.4, 0.5) is 0 Å². The van der Waals surface area contributed by atoms with Gasteiger partial charge in [-0.2, -0.15) is 0 Å². The molecule has 6 heterocycles. The van der Waals surface area contributed by atoms with Crippen LogP contribution < -0.4 is 0 Å². The van der Waals surface area contributed by atoms with Crippen LogP contribution in [0.25, 0.3) is 10.9 Å². The number of ether oxygens (including phenoxy) is 5. The van der Waals surface area contributed by atoms with Crippen molar-refractivity contribution in [2.45, 2.75) is 146 Å². The number of H-pyrrole nitrogens is 1. The van der Waals surface area contributed by atoms with Gasteiger partial charge in [0.05, 0.1) is 5.60 Å². The van der Waals surface area contributed by atoms with E-state index in [0.29, 0.717) is 25.2 Å². The monoisotopic (exact) mass is 601 g/mol. The summed E-state index contributed by atoms with van der Waals surface area (Å²) in [5, 5.41) is 14.6. The molecule has 2 bridgehead atoms. The molecule has 2 aromatic rings. The molecule has 5 aliphatic heterocycles. The highest BCUT2D eigenvalue weighted by molar-refractivity contribution is 5.89. The predicted molar refractivity (Wildman–Crippen MR) is 166 cm³/mol. The Bertz CT molecular complexity index is 1670. The Morgan fingerprint density at radius 2 is 1.80 bits per heavy atom. The third kappa shape index (κ3) is 3.03. The van der Waals surface area contributed by atoms with E-state index in [9.17, 15) is 5.11 Å². The Labute approximate surface area is 260 Å². The smallest absolute Gasteiger partial charge is 0.215 e. The van der Waals surface area contributed by atoms with Gasteiger partial charge < -0.3 is 33.8 Å². The van der Waals surface area contributed by atoms with E-state index in [1.165, 1.54) is 33.3 Å². The van der Waals surface area contributed by atoms with Crippen LogP contribution in [0.15, 0.2) is 41.7 Å². The van der Waals surface area contributed by atoms with E-state index >= 15 is 0 Å². The largest absolute Gasteiger partial charge is 0.483 e. The Hall–Kier alpha value is -2.16. The van der Waals surface area contributed by atoms with Crippen LogP contribution in [0.1, 0.15) is 97.9 Å². The number of fused-ring (bicyclic) bond motifs is 7. The first-order valence-corrected chi connectivity index (χ1v) is 16.7. The Morgan fingerprint density at radius 3 is 2.50 bits per heavy atom. The normalized spacial score (nSPS) is 46.7. The number of aliphatic hydroxyl groups is 1. The van der Waals surface area contributed by atoms with Gasteiger partial charge in [-0.1, -0.05) is 37.6 Å². The zero-order chi connectivity index (χ0) is 30.9. The number of aromatic nitrogens is 1. The Balaban J connectivity index is 1.13. The molecule has 44 heavy (non-hydrogen) atoms. The minimum Gasteiger partial charge on any atom is -0.483 e. The van der Waals surface area contributed by atoms with E-state index in [4.69, 9.17) is 23.7 Å². The van der Waals surface area contributed by atoms with Crippen molar-refractivity contribution in [1.29, 1.82) is 0 Å². The van der Waals surface area contributed by atoms with Crippen LogP contribution in [0, 0.1) is 11.3 Å². The molecule has 8 aliphatic rings. The van der Waals surface area contributed by atoms with Crippen molar-refractivity contribution in [3.8, 4) is 0 Å². The molecule has 7 nitrogen and oxygen atoms in total. The second kappa shape index (κ2) is 8.03. The lowest BCUT2D eigenvalue weighted by Gasteiger charge is -2.76. The van der Waals surface area contributed by atoms with E-state index in [0.717, 1.165) is 25.0 Å². The molecule has 1 aromatic heterocycles. The summed E-state index contributed by atoms with van der Waals surface area (Å²) in [7, 11) is 0. The third-order valence-electron chi connectivity index (χ3n) is 13.4. The molecule has 1 saturated carbocycles. The highest BCUT2D eigenvalue weighted by Crippen LogP contribution is 2.75. The van der Waals surface area contributed by atoms with Crippen molar-refractivity contribution < 1.29 is 28.8 Å². The van der Waals surface area contributed by atoms with Gasteiger partial charge in [0.2, 0.25) is 5.79 Å². The number of hydrogen-bond acceptors (Lipinski definition) is 6. The van der Waals surface area contributed by atoms with Crippen LogP contribution in [0.3, 0.4) is 0 Å². The van der Waals surface area contributed by atoms with Gasteiger partial charge in [0.15, 0.2) is 18.0 Å². The predicted octanol–water partition coefficient (Wildman–Crippen LogP) is 6.51. The molecule has 10 rings (SSSR count). The number of aromatic amines is 1. The number of benzene rings is 1. The topological polar surface area (TPSA) is 85.5 Å². The zero-order valence-electron chi connectivity index (χ0n) is 27.4. The molecular formula is C37H47NO6. The van der Waals surface area contributed by atoms with Crippen molar-refractivity contribution in [2.75, 3.05) is 0 Å². The summed E-state index contributed by atoms with van der Waals surface area (Å²) < 4.78 is 33.0. The average Bonchev–Trinajstić information content (AvgIpc) is 3.27. The lowest BCUT2D eigenvalue weighted by Crippen LogP contribution is -2.88. The maximum atomic E-state index is 13.3. The van der Waals surface area contributed by atoms with E-state index in [-0.39, 0.29) is 17.1 Å². The van der Waals surface area contributed by atoms with Gasteiger partial charge >= 0.3 is 0 Å². The van der Waals surface area contributed by atoms with Gasteiger partial charge in [0.25, 0.3) is 0 Å². The number of allylic oxidation sites excluding steroid dienone is 3. The average molecular weight is 602 g/mol. The number of rotatable bonds is 3. The van der Waals surface area contributed by atoms with Crippen LogP contribution in [0.5, 0.6) is 0 Å². The fraction of sp³-hybridized carbons (Fsp3) is 0.676. The van der Waals surface area contributed by atoms with Crippen LogP contribution in [-0.2, 0) is 41.9 Å². The lowest BCUT2D eigenvalue weighted by molar-refractivity contribution is -0.540. The van der Waals surface area contributed by atoms with Crippen molar-refractivity contribution in [1.82, 2.24) is 4.98 Å². The van der Waals surface area contributed by atoms with Crippen LogP contribution in [0.2, 0.25) is 0 Å². The molecule has 0 radical (unpaired) electrons. The molecular weight excluding hydrogens is 554 g/mol. The Kier molecular flexibility index (Phi) is 5.13. The van der Waals surface area contributed by atoms with Gasteiger partial charge in [0, 0.05) is 33.8 Å². The van der Waals surface area contributed by atoms with Gasteiger partial charge in [-0.3, -0.25) is 0 Å². The van der Waals surface area contributed by atoms with Crippen molar-refractivity contribution >= 4 is 10.9 Å². The summed E-state index contributed by atoms with van der Waals surface area (Å²) in [6, 6.07) is 6.66. The molecule has 3 aliphatic carbocycles. The maximum absolute atomic E-state index is 13.3. The summed E-state index contributed by atoms with van der Waals surface area (Å²) >= 11 is 0.